The van der Waals surface area contributed by atoms with Crippen molar-refractivity contribution in [2.75, 3.05) is 18.2 Å². The quantitative estimate of drug-likeness (QED) is 0.858. The van der Waals surface area contributed by atoms with Crippen LogP contribution >= 0.6 is 11.6 Å². The van der Waals surface area contributed by atoms with Gasteiger partial charge in [0.15, 0.2) is 9.84 Å². The van der Waals surface area contributed by atoms with Crippen molar-refractivity contribution in [3.8, 4) is 5.75 Å². The molecule has 0 bridgehead atoms. The van der Waals surface area contributed by atoms with Crippen molar-refractivity contribution in [2.45, 2.75) is 32.4 Å². The standard InChI is InChI=1S/C15H22ClNO4S/c1-10(2)9-21-13-7-6-11(8-12(13)16)17-14(18)15(3,4)22(5,19)20/h6-8,10H,9H2,1-5H3,(H,17,18). The Labute approximate surface area is 136 Å². The summed E-state index contributed by atoms with van der Waals surface area (Å²) < 4.78 is 27.3. The van der Waals surface area contributed by atoms with Crippen LogP contribution in [0.1, 0.15) is 27.7 Å². The largest absolute Gasteiger partial charge is 0.492 e. The monoisotopic (exact) mass is 347 g/mol. The Morgan fingerprint density at radius 3 is 2.41 bits per heavy atom. The minimum absolute atomic E-state index is 0.357. The summed E-state index contributed by atoms with van der Waals surface area (Å²) in [6.45, 7) is 7.30. The maximum absolute atomic E-state index is 12.1. The first-order valence-electron chi connectivity index (χ1n) is 6.88. The van der Waals surface area contributed by atoms with E-state index in [0.29, 0.717) is 29.0 Å². The number of nitrogens with one attached hydrogen (secondary N) is 1. The summed E-state index contributed by atoms with van der Waals surface area (Å²) in [5.74, 6) is 0.281. The Bertz CT molecular complexity index is 654. The summed E-state index contributed by atoms with van der Waals surface area (Å²) in [7, 11) is -3.53. The predicted octanol–water partition coefficient (Wildman–Crippen LogP) is 3.14. The molecule has 5 nitrogen and oxygen atoms in total. The van der Waals surface area contributed by atoms with Gasteiger partial charge in [-0.3, -0.25) is 4.79 Å². The van der Waals surface area contributed by atoms with Gasteiger partial charge in [-0.15, -0.1) is 0 Å². The van der Waals surface area contributed by atoms with Gasteiger partial charge in [0, 0.05) is 11.9 Å². The highest BCUT2D eigenvalue weighted by atomic mass is 35.5. The van der Waals surface area contributed by atoms with Crippen LogP contribution in [0, 0.1) is 5.92 Å². The Hall–Kier alpha value is -1.27. The topological polar surface area (TPSA) is 72.5 Å². The van der Waals surface area contributed by atoms with E-state index in [-0.39, 0.29) is 0 Å². The molecule has 7 heteroatoms. The van der Waals surface area contributed by atoms with Gasteiger partial charge in [0.05, 0.1) is 11.6 Å². The van der Waals surface area contributed by atoms with Crippen LogP contribution < -0.4 is 10.1 Å². The number of sulfone groups is 1. The molecule has 0 aliphatic carbocycles. The van der Waals surface area contributed by atoms with Crippen LogP contribution in [0.2, 0.25) is 5.02 Å². The van der Waals surface area contributed by atoms with Crippen molar-refractivity contribution in [3.63, 3.8) is 0 Å². The third kappa shape index (κ3) is 4.61. The lowest BCUT2D eigenvalue weighted by atomic mass is 10.2. The molecule has 1 N–H and O–H groups in total. The normalized spacial score (nSPS) is 12.3. The Kier molecular flexibility index (Phi) is 5.87. The summed E-state index contributed by atoms with van der Waals surface area (Å²) in [5.41, 5.74) is 0.420. The van der Waals surface area contributed by atoms with Gasteiger partial charge >= 0.3 is 0 Å². The van der Waals surface area contributed by atoms with Gasteiger partial charge in [0.1, 0.15) is 10.5 Å². The molecular formula is C15H22ClNO4S. The van der Waals surface area contributed by atoms with Crippen molar-refractivity contribution in [2.24, 2.45) is 5.92 Å². The van der Waals surface area contributed by atoms with Gasteiger partial charge in [-0.2, -0.15) is 0 Å². The van der Waals surface area contributed by atoms with Crippen molar-refractivity contribution in [1.29, 1.82) is 0 Å². The zero-order chi connectivity index (χ0) is 17.1. The number of carbonyl (C=O) groups excluding carboxylic acids is 1. The van der Waals surface area contributed by atoms with Crippen molar-refractivity contribution >= 4 is 33.0 Å². The van der Waals surface area contributed by atoms with E-state index in [2.05, 4.69) is 5.32 Å². The van der Waals surface area contributed by atoms with Crippen LogP contribution in [0.4, 0.5) is 5.69 Å². The first kappa shape index (κ1) is 18.8. The predicted molar refractivity (Wildman–Crippen MR) is 89.3 cm³/mol. The molecule has 0 saturated carbocycles. The number of hydrogen-bond donors (Lipinski definition) is 1. The number of benzene rings is 1. The molecule has 0 aromatic heterocycles. The van der Waals surface area contributed by atoms with Gasteiger partial charge in [-0.25, -0.2) is 8.42 Å². The van der Waals surface area contributed by atoms with Gasteiger partial charge in [0.2, 0.25) is 5.91 Å². The second-order valence-corrected chi connectivity index (χ2v) is 9.06. The number of ether oxygens (including phenoxy) is 1. The molecule has 0 saturated heterocycles. The van der Waals surface area contributed by atoms with Crippen LogP contribution in [0.5, 0.6) is 5.75 Å². The molecule has 0 aliphatic rings. The SMILES string of the molecule is CC(C)COc1ccc(NC(=O)C(C)(C)S(C)(=O)=O)cc1Cl. The van der Waals surface area contributed by atoms with Crippen LogP contribution in [0.15, 0.2) is 18.2 Å². The smallest absolute Gasteiger partial charge is 0.245 e. The Balaban J connectivity index is 2.88. The molecule has 124 valence electrons. The average molecular weight is 348 g/mol. The number of carbonyl (C=O) groups is 1. The number of amides is 1. The molecular weight excluding hydrogens is 326 g/mol. The van der Waals surface area contributed by atoms with Crippen molar-refractivity contribution in [3.05, 3.63) is 23.2 Å². The van der Waals surface area contributed by atoms with Crippen LogP contribution in [0.25, 0.3) is 0 Å². The second-order valence-electron chi connectivity index (χ2n) is 6.09. The summed E-state index contributed by atoms with van der Waals surface area (Å²) in [5, 5.41) is 2.92. The summed E-state index contributed by atoms with van der Waals surface area (Å²) in [6.07, 6.45) is 1.03. The molecule has 0 radical (unpaired) electrons. The number of hydrogen-bond acceptors (Lipinski definition) is 4. The number of halogens is 1. The second kappa shape index (κ2) is 6.87. The highest BCUT2D eigenvalue weighted by Gasteiger charge is 2.38. The molecule has 0 fully saturated rings. The number of rotatable bonds is 6. The molecule has 22 heavy (non-hydrogen) atoms. The molecule has 1 aromatic rings. The lowest BCUT2D eigenvalue weighted by Crippen LogP contribution is -2.43. The van der Waals surface area contributed by atoms with E-state index >= 15 is 0 Å². The fourth-order valence-corrected chi connectivity index (χ4v) is 2.02. The first-order valence-corrected chi connectivity index (χ1v) is 9.15. The maximum atomic E-state index is 12.1. The van der Waals surface area contributed by atoms with Crippen LogP contribution in [-0.4, -0.2) is 31.9 Å². The van der Waals surface area contributed by atoms with E-state index in [1.54, 1.807) is 12.1 Å². The Morgan fingerprint density at radius 2 is 1.95 bits per heavy atom. The molecule has 0 heterocycles. The molecule has 0 spiro atoms. The maximum Gasteiger partial charge on any atom is 0.245 e. The van der Waals surface area contributed by atoms with Crippen LogP contribution in [-0.2, 0) is 14.6 Å². The van der Waals surface area contributed by atoms with E-state index in [4.69, 9.17) is 16.3 Å². The fourth-order valence-electron chi connectivity index (χ4n) is 1.40. The first-order chi connectivity index (χ1) is 9.95. The highest BCUT2D eigenvalue weighted by Crippen LogP contribution is 2.29. The van der Waals surface area contributed by atoms with Crippen molar-refractivity contribution < 1.29 is 17.9 Å². The van der Waals surface area contributed by atoms with E-state index in [0.717, 1.165) is 6.26 Å². The molecule has 1 aromatic carbocycles. The Morgan fingerprint density at radius 1 is 1.36 bits per heavy atom. The zero-order valence-electron chi connectivity index (χ0n) is 13.4. The highest BCUT2D eigenvalue weighted by molar-refractivity contribution is 7.92. The lowest BCUT2D eigenvalue weighted by Gasteiger charge is -2.21. The van der Waals surface area contributed by atoms with E-state index in [1.165, 1.54) is 19.9 Å². The third-order valence-electron chi connectivity index (χ3n) is 3.24. The molecule has 0 unspecified atom stereocenters. The van der Waals surface area contributed by atoms with Crippen molar-refractivity contribution in [1.82, 2.24) is 0 Å². The minimum Gasteiger partial charge on any atom is -0.492 e. The van der Waals surface area contributed by atoms with Gasteiger partial charge in [-0.1, -0.05) is 25.4 Å². The fraction of sp³-hybridized carbons (Fsp3) is 0.533. The lowest BCUT2D eigenvalue weighted by molar-refractivity contribution is -0.117. The summed E-state index contributed by atoms with van der Waals surface area (Å²) in [4.78, 5) is 12.1. The zero-order valence-corrected chi connectivity index (χ0v) is 15.0. The van der Waals surface area contributed by atoms with E-state index in [9.17, 15) is 13.2 Å². The number of anilines is 1. The average Bonchev–Trinajstić information content (AvgIpc) is 2.36. The summed E-state index contributed by atoms with van der Waals surface area (Å²) in [6, 6.07) is 4.80. The third-order valence-corrected chi connectivity index (χ3v) is 5.57. The van der Waals surface area contributed by atoms with Gasteiger partial charge in [0.25, 0.3) is 0 Å². The minimum atomic E-state index is -3.53. The molecule has 0 aliphatic heterocycles. The van der Waals surface area contributed by atoms with E-state index in [1.807, 2.05) is 13.8 Å². The van der Waals surface area contributed by atoms with Gasteiger partial charge in [-0.05, 0) is 38.0 Å². The van der Waals surface area contributed by atoms with Crippen LogP contribution in [0.3, 0.4) is 0 Å². The molecule has 0 atom stereocenters. The summed E-state index contributed by atoms with van der Waals surface area (Å²) >= 11 is 6.11. The van der Waals surface area contributed by atoms with Gasteiger partial charge < -0.3 is 10.1 Å². The molecule has 1 rings (SSSR count). The van der Waals surface area contributed by atoms with E-state index < -0.39 is 20.5 Å². The molecule has 1 amide bonds.